The van der Waals surface area contributed by atoms with Gasteiger partial charge in [-0.1, -0.05) is 47.3 Å². The van der Waals surface area contributed by atoms with Gasteiger partial charge in [0.2, 0.25) is 11.7 Å². The van der Waals surface area contributed by atoms with Crippen molar-refractivity contribution in [1.29, 1.82) is 0 Å². The molecule has 2 heterocycles. The summed E-state index contributed by atoms with van der Waals surface area (Å²) in [4.78, 5) is 4.53. The molecule has 2 aromatic carbocycles. The summed E-state index contributed by atoms with van der Waals surface area (Å²) in [5, 5.41) is 13.6. The summed E-state index contributed by atoms with van der Waals surface area (Å²) < 4.78 is 12.7. The average Bonchev–Trinajstić information content (AvgIpc) is 3.40. The lowest BCUT2D eigenvalue weighted by Crippen LogP contribution is -2.00. The second kappa shape index (κ2) is 8.96. The summed E-state index contributed by atoms with van der Waals surface area (Å²) in [5.74, 6) is 3.19. The largest absolute Gasteiger partial charge is 0.497 e. The number of methoxy groups -OCH3 is 1. The number of hydrogen-bond donors (Lipinski definition) is 0. The van der Waals surface area contributed by atoms with E-state index in [1.54, 1.807) is 7.11 Å². The van der Waals surface area contributed by atoms with Gasteiger partial charge in [0.25, 0.3) is 0 Å². The van der Waals surface area contributed by atoms with Crippen LogP contribution in [0.4, 0.5) is 0 Å². The van der Waals surface area contributed by atoms with Crippen molar-refractivity contribution >= 4 is 11.8 Å². The molecule has 7 nitrogen and oxygen atoms in total. The molecule has 0 saturated carbocycles. The van der Waals surface area contributed by atoms with Crippen LogP contribution in [0.1, 0.15) is 11.5 Å². The van der Waals surface area contributed by atoms with Crippen molar-refractivity contribution in [2.75, 3.05) is 7.11 Å². The Balaban J connectivity index is 1.53. The highest BCUT2D eigenvalue weighted by Gasteiger charge is 2.16. The van der Waals surface area contributed by atoms with Gasteiger partial charge < -0.3 is 9.26 Å². The van der Waals surface area contributed by atoms with Crippen molar-refractivity contribution in [2.24, 2.45) is 0 Å². The Morgan fingerprint density at radius 1 is 1.13 bits per heavy atom. The number of ether oxygens (including phenoxy) is 1. The highest BCUT2D eigenvalue weighted by molar-refractivity contribution is 7.98. The summed E-state index contributed by atoms with van der Waals surface area (Å²) in [6.45, 7) is 6.47. The minimum atomic E-state index is 0.497. The summed E-state index contributed by atoms with van der Waals surface area (Å²) >= 11 is 1.50. The Labute approximate surface area is 178 Å². The normalized spacial score (nSPS) is 10.9. The smallest absolute Gasteiger partial charge is 0.237 e. The fourth-order valence-electron chi connectivity index (χ4n) is 3.02. The molecule has 0 amide bonds. The first kappa shape index (κ1) is 19.9. The maximum Gasteiger partial charge on any atom is 0.237 e. The minimum absolute atomic E-state index is 0.497. The van der Waals surface area contributed by atoms with Gasteiger partial charge in [0.15, 0.2) is 11.0 Å². The number of aryl methyl sites for hydroxylation is 1. The van der Waals surface area contributed by atoms with Crippen LogP contribution >= 0.6 is 11.8 Å². The first-order valence-electron chi connectivity index (χ1n) is 9.39. The van der Waals surface area contributed by atoms with Crippen LogP contribution < -0.4 is 4.74 Å². The molecule has 0 atom stereocenters. The fourth-order valence-corrected chi connectivity index (χ4v) is 3.80. The molecule has 30 heavy (non-hydrogen) atoms. The van der Waals surface area contributed by atoms with Crippen molar-refractivity contribution in [3.05, 3.63) is 72.6 Å². The van der Waals surface area contributed by atoms with Crippen LogP contribution in [0, 0.1) is 6.92 Å². The molecule has 0 spiro atoms. The molecule has 4 rings (SSSR count). The fraction of sp³-hybridized carbons (Fsp3) is 0.182. The van der Waals surface area contributed by atoms with Crippen LogP contribution in [0.3, 0.4) is 0 Å². The quantitative estimate of drug-likeness (QED) is 0.300. The Hall–Kier alpha value is -3.39. The van der Waals surface area contributed by atoms with E-state index in [2.05, 4.69) is 26.9 Å². The van der Waals surface area contributed by atoms with Crippen molar-refractivity contribution < 1.29 is 9.26 Å². The van der Waals surface area contributed by atoms with Gasteiger partial charge >= 0.3 is 0 Å². The summed E-state index contributed by atoms with van der Waals surface area (Å²) in [6.07, 6.45) is 1.82. The van der Waals surface area contributed by atoms with Crippen molar-refractivity contribution in [1.82, 2.24) is 24.9 Å². The third kappa shape index (κ3) is 4.13. The monoisotopic (exact) mass is 419 g/mol. The van der Waals surface area contributed by atoms with E-state index < -0.39 is 0 Å². The van der Waals surface area contributed by atoms with Crippen LogP contribution in [0.2, 0.25) is 0 Å². The van der Waals surface area contributed by atoms with E-state index in [9.17, 15) is 0 Å². The number of allylic oxidation sites excluding steroid dienone is 1. The van der Waals surface area contributed by atoms with E-state index in [1.165, 1.54) is 11.8 Å². The molecule has 2 aromatic heterocycles. The predicted molar refractivity (Wildman–Crippen MR) is 116 cm³/mol. The molecule has 0 aliphatic rings. The molecule has 0 aliphatic heterocycles. The van der Waals surface area contributed by atoms with Gasteiger partial charge in [0.05, 0.1) is 12.9 Å². The Kier molecular flexibility index (Phi) is 5.94. The molecule has 0 radical (unpaired) electrons. The van der Waals surface area contributed by atoms with Crippen LogP contribution in [0.25, 0.3) is 22.8 Å². The first-order valence-corrected chi connectivity index (χ1v) is 10.4. The van der Waals surface area contributed by atoms with E-state index in [4.69, 9.17) is 9.26 Å². The molecule has 0 aliphatic carbocycles. The number of aromatic nitrogens is 5. The molecule has 152 valence electrons. The number of hydrogen-bond acceptors (Lipinski definition) is 7. The van der Waals surface area contributed by atoms with E-state index >= 15 is 0 Å². The highest BCUT2D eigenvalue weighted by Crippen LogP contribution is 2.28. The number of nitrogens with zero attached hydrogens (tertiary/aromatic N) is 5. The second-order valence-corrected chi connectivity index (χ2v) is 7.49. The Morgan fingerprint density at radius 3 is 2.67 bits per heavy atom. The zero-order chi connectivity index (χ0) is 20.9. The van der Waals surface area contributed by atoms with E-state index in [-0.39, 0.29) is 0 Å². The third-order valence-corrected chi connectivity index (χ3v) is 5.51. The van der Waals surface area contributed by atoms with E-state index in [1.807, 2.05) is 66.1 Å². The van der Waals surface area contributed by atoms with Gasteiger partial charge in [-0.15, -0.1) is 16.8 Å². The second-order valence-electron chi connectivity index (χ2n) is 6.55. The van der Waals surface area contributed by atoms with Crippen LogP contribution in [-0.4, -0.2) is 32.0 Å². The van der Waals surface area contributed by atoms with Gasteiger partial charge in [-0.25, -0.2) is 0 Å². The molecule has 0 fully saturated rings. The molecule has 0 unspecified atom stereocenters. The summed E-state index contributed by atoms with van der Waals surface area (Å²) in [7, 11) is 1.64. The summed E-state index contributed by atoms with van der Waals surface area (Å²) in [5.41, 5.74) is 3.03. The molecule has 0 N–H and O–H groups in total. The topological polar surface area (TPSA) is 78.9 Å². The lowest BCUT2D eigenvalue weighted by atomic mass is 10.1. The Morgan fingerprint density at radius 2 is 1.93 bits per heavy atom. The van der Waals surface area contributed by atoms with Gasteiger partial charge in [-0.2, -0.15) is 4.98 Å². The number of benzene rings is 2. The lowest BCUT2D eigenvalue weighted by molar-refractivity contribution is 0.391. The van der Waals surface area contributed by atoms with Crippen LogP contribution in [0.5, 0.6) is 5.75 Å². The maximum atomic E-state index is 5.44. The maximum absolute atomic E-state index is 5.44. The van der Waals surface area contributed by atoms with E-state index in [0.717, 1.165) is 33.4 Å². The predicted octanol–water partition coefficient (Wildman–Crippen LogP) is 4.79. The zero-order valence-corrected chi connectivity index (χ0v) is 17.6. The van der Waals surface area contributed by atoms with Crippen molar-refractivity contribution in [3.8, 4) is 28.5 Å². The van der Waals surface area contributed by atoms with Crippen molar-refractivity contribution in [3.63, 3.8) is 0 Å². The highest BCUT2D eigenvalue weighted by atomic mass is 32.2. The van der Waals surface area contributed by atoms with Crippen LogP contribution in [0.15, 0.2) is 70.9 Å². The molecular formula is C22H21N5O2S. The molecule has 4 aromatic rings. The van der Waals surface area contributed by atoms with Gasteiger partial charge in [0, 0.05) is 17.7 Å². The SMILES string of the molecule is C=CCn1c(SCc2nc(-c3ccccc3C)no2)nnc1-c1ccc(OC)cc1. The Bertz CT molecular complexity index is 1150. The zero-order valence-electron chi connectivity index (χ0n) is 16.8. The number of thioether (sulfide) groups is 1. The standard InChI is InChI=1S/C22H21N5O2S/c1-4-13-27-21(16-9-11-17(28-3)12-10-16)24-25-22(27)30-14-19-23-20(26-29-19)18-8-6-5-7-15(18)2/h4-12H,1,13-14H2,2-3H3. The molecular weight excluding hydrogens is 398 g/mol. The van der Waals surface area contributed by atoms with E-state index in [0.29, 0.717) is 24.0 Å². The lowest BCUT2D eigenvalue weighted by Gasteiger charge is -2.07. The van der Waals surface area contributed by atoms with Gasteiger partial charge in [0.1, 0.15) is 5.75 Å². The average molecular weight is 420 g/mol. The van der Waals surface area contributed by atoms with Gasteiger partial charge in [-0.05, 0) is 36.8 Å². The summed E-state index contributed by atoms with van der Waals surface area (Å²) in [6, 6.07) is 15.7. The van der Waals surface area contributed by atoms with Crippen LogP contribution in [-0.2, 0) is 12.3 Å². The first-order chi connectivity index (χ1) is 14.7. The number of rotatable bonds is 8. The van der Waals surface area contributed by atoms with Crippen molar-refractivity contribution in [2.45, 2.75) is 24.4 Å². The third-order valence-electron chi connectivity index (χ3n) is 4.56. The molecule has 0 saturated heterocycles. The molecule has 0 bridgehead atoms. The minimum Gasteiger partial charge on any atom is -0.497 e. The molecule has 8 heteroatoms. The van der Waals surface area contributed by atoms with Gasteiger partial charge in [-0.3, -0.25) is 4.57 Å².